The van der Waals surface area contributed by atoms with Gasteiger partial charge >= 0.3 is 0 Å². The van der Waals surface area contributed by atoms with Gasteiger partial charge in [-0.15, -0.1) is 11.3 Å². The Morgan fingerprint density at radius 1 is 1.60 bits per heavy atom. The quantitative estimate of drug-likeness (QED) is 0.670. The lowest BCUT2D eigenvalue weighted by Gasteiger charge is -2.00. The summed E-state index contributed by atoms with van der Waals surface area (Å²) in [5, 5.41) is 5.28. The van der Waals surface area contributed by atoms with Gasteiger partial charge in [-0.3, -0.25) is 0 Å². The van der Waals surface area contributed by atoms with E-state index in [0.717, 1.165) is 0 Å². The molecule has 0 unspecified atom stereocenters. The second-order valence-corrected chi connectivity index (χ2v) is 4.56. The molecule has 1 fully saturated rings. The molecule has 0 spiro atoms. The Labute approximate surface area is 68.8 Å². The van der Waals surface area contributed by atoms with Gasteiger partial charge in [-0.2, -0.15) is 0 Å². The maximum Gasteiger partial charge on any atom is 0.168 e. The van der Waals surface area contributed by atoms with E-state index in [9.17, 15) is 0 Å². The van der Waals surface area contributed by atoms with Crippen LogP contribution in [0.25, 0.3) is 0 Å². The molecule has 54 valence electrons. The average Bonchev–Trinajstić information content (AvgIpc) is 2.59. The van der Waals surface area contributed by atoms with Gasteiger partial charge in [-0.05, 0) is 11.4 Å². The Kier molecular flexibility index (Phi) is 1.97. The summed E-state index contributed by atoms with van der Waals surface area (Å²) >= 11 is 3.92. The molecule has 3 heteroatoms. The minimum atomic E-state index is 0.708. The summed E-state index contributed by atoms with van der Waals surface area (Å²) in [5.74, 6) is 1.31. The van der Waals surface area contributed by atoms with Crippen LogP contribution in [0.2, 0.25) is 0 Å². The number of thioether (sulfide) groups is 1. The third-order valence-corrected chi connectivity index (χ3v) is 4.00. The Morgan fingerprint density at radius 2 is 2.60 bits per heavy atom. The number of hydrogen-bond acceptors (Lipinski definition) is 2. The van der Waals surface area contributed by atoms with E-state index in [0.29, 0.717) is 5.37 Å². The maximum atomic E-state index is 2.41. The van der Waals surface area contributed by atoms with Crippen LogP contribution in [-0.4, -0.2) is 12.3 Å². The molecule has 2 N–H and O–H groups in total. The highest BCUT2D eigenvalue weighted by Gasteiger charge is 2.21. The SMILES string of the molecule is c1csc([C@@H]2[NH2+]CCS2)c1. The Hall–Kier alpha value is 0.01000. The summed E-state index contributed by atoms with van der Waals surface area (Å²) in [6, 6.07) is 4.36. The van der Waals surface area contributed by atoms with Crippen molar-refractivity contribution in [2.45, 2.75) is 5.37 Å². The first kappa shape index (κ1) is 6.70. The summed E-state index contributed by atoms with van der Waals surface area (Å²) < 4.78 is 0. The van der Waals surface area contributed by atoms with Gasteiger partial charge in [0, 0.05) is 5.75 Å². The zero-order valence-electron chi connectivity index (χ0n) is 5.62. The second kappa shape index (κ2) is 2.95. The molecule has 1 atom stereocenters. The van der Waals surface area contributed by atoms with Gasteiger partial charge in [0.15, 0.2) is 5.37 Å². The van der Waals surface area contributed by atoms with Gasteiger partial charge in [0.25, 0.3) is 0 Å². The molecule has 0 amide bonds. The molecule has 1 aliphatic heterocycles. The van der Waals surface area contributed by atoms with E-state index in [4.69, 9.17) is 0 Å². The molecule has 1 aliphatic rings. The molecule has 10 heavy (non-hydrogen) atoms. The van der Waals surface area contributed by atoms with Crippen molar-refractivity contribution in [1.29, 1.82) is 0 Å². The topological polar surface area (TPSA) is 16.6 Å². The molecule has 0 aliphatic carbocycles. The summed E-state index contributed by atoms with van der Waals surface area (Å²) in [7, 11) is 0. The fraction of sp³-hybridized carbons (Fsp3) is 0.429. The number of thiophene rings is 1. The van der Waals surface area contributed by atoms with Crippen molar-refractivity contribution in [2.24, 2.45) is 0 Å². The van der Waals surface area contributed by atoms with E-state index in [2.05, 4.69) is 34.6 Å². The fourth-order valence-corrected chi connectivity index (χ4v) is 3.25. The molecule has 0 saturated carbocycles. The Morgan fingerprint density at radius 3 is 3.20 bits per heavy atom. The first-order valence-electron chi connectivity index (χ1n) is 3.45. The lowest BCUT2D eigenvalue weighted by atomic mass is 10.4. The minimum absolute atomic E-state index is 0.708. The van der Waals surface area contributed by atoms with E-state index in [-0.39, 0.29) is 0 Å². The van der Waals surface area contributed by atoms with Crippen LogP contribution < -0.4 is 5.32 Å². The molecule has 1 aromatic rings. The van der Waals surface area contributed by atoms with Crippen LogP contribution in [0, 0.1) is 0 Å². The summed E-state index contributed by atoms with van der Waals surface area (Å²) in [6.07, 6.45) is 0. The van der Waals surface area contributed by atoms with Crippen molar-refractivity contribution in [1.82, 2.24) is 0 Å². The van der Waals surface area contributed by atoms with Crippen molar-refractivity contribution in [3.05, 3.63) is 22.4 Å². The van der Waals surface area contributed by atoms with Crippen LogP contribution in [0.1, 0.15) is 10.3 Å². The highest BCUT2D eigenvalue weighted by Crippen LogP contribution is 2.27. The van der Waals surface area contributed by atoms with Crippen LogP contribution in [-0.2, 0) is 0 Å². The zero-order valence-corrected chi connectivity index (χ0v) is 7.25. The van der Waals surface area contributed by atoms with Crippen molar-refractivity contribution in [2.75, 3.05) is 12.3 Å². The van der Waals surface area contributed by atoms with E-state index in [1.165, 1.54) is 17.2 Å². The zero-order chi connectivity index (χ0) is 6.81. The van der Waals surface area contributed by atoms with Crippen LogP contribution in [0.15, 0.2) is 17.5 Å². The maximum absolute atomic E-state index is 2.41. The molecule has 1 saturated heterocycles. The molecule has 1 nitrogen and oxygen atoms in total. The van der Waals surface area contributed by atoms with Crippen molar-refractivity contribution < 1.29 is 5.32 Å². The number of nitrogens with two attached hydrogens (primary N) is 1. The number of rotatable bonds is 1. The van der Waals surface area contributed by atoms with Gasteiger partial charge in [-0.25, -0.2) is 0 Å². The van der Waals surface area contributed by atoms with Crippen molar-refractivity contribution in [3.63, 3.8) is 0 Å². The Bertz CT molecular complexity index is 189. The van der Waals surface area contributed by atoms with Gasteiger partial charge in [0.2, 0.25) is 0 Å². The summed E-state index contributed by atoms with van der Waals surface area (Å²) in [6.45, 7) is 1.28. The molecule has 2 rings (SSSR count). The van der Waals surface area contributed by atoms with Gasteiger partial charge in [0.1, 0.15) is 0 Å². The molecule has 2 heterocycles. The van der Waals surface area contributed by atoms with E-state index >= 15 is 0 Å². The summed E-state index contributed by atoms with van der Waals surface area (Å²) in [5.41, 5.74) is 0. The predicted molar refractivity (Wildman–Crippen MR) is 46.3 cm³/mol. The summed E-state index contributed by atoms with van der Waals surface area (Å²) in [4.78, 5) is 1.52. The normalized spacial score (nSPS) is 25.4. The first-order valence-corrected chi connectivity index (χ1v) is 5.38. The van der Waals surface area contributed by atoms with Gasteiger partial charge < -0.3 is 5.32 Å². The molecular weight excluding hydrogens is 162 g/mol. The third kappa shape index (κ3) is 1.21. The lowest BCUT2D eigenvalue weighted by Crippen LogP contribution is -2.81. The average molecular weight is 172 g/mol. The van der Waals surface area contributed by atoms with Gasteiger partial charge in [0.05, 0.1) is 11.4 Å². The van der Waals surface area contributed by atoms with Crippen LogP contribution >= 0.6 is 23.1 Å². The van der Waals surface area contributed by atoms with Crippen molar-refractivity contribution in [3.8, 4) is 0 Å². The molecule has 1 aromatic heterocycles. The standard InChI is InChI=1S/C7H9NS2/c1-2-6(9-4-1)7-8-3-5-10-7/h1-2,4,7-8H,3,5H2/p+1/t7-/m1/s1. The lowest BCUT2D eigenvalue weighted by molar-refractivity contribution is -0.662. The van der Waals surface area contributed by atoms with Crippen LogP contribution in [0.5, 0.6) is 0 Å². The first-order chi connectivity index (χ1) is 4.97. The molecule has 0 radical (unpaired) electrons. The van der Waals surface area contributed by atoms with Crippen molar-refractivity contribution >= 4 is 23.1 Å². The molecule has 0 bridgehead atoms. The smallest absolute Gasteiger partial charge is 0.168 e. The highest BCUT2D eigenvalue weighted by atomic mass is 32.2. The molecule has 0 aromatic carbocycles. The molecular formula is C7H10NS2+. The Balaban J connectivity index is 2.12. The van der Waals surface area contributed by atoms with E-state index in [1.807, 2.05) is 11.3 Å². The third-order valence-electron chi connectivity index (χ3n) is 1.62. The van der Waals surface area contributed by atoms with Gasteiger partial charge in [-0.1, -0.05) is 17.8 Å². The van der Waals surface area contributed by atoms with Crippen LogP contribution in [0.3, 0.4) is 0 Å². The fourth-order valence-electron chi connectivity index (χ4n) is 1.13. The predicted octanol–water partition coefficient (Wildman–Crippen LogP) is 1.06. The largest absolute Gasteiger partial charge is 0.330 e. The van der Waals surface area contributed by atoms with E-state index in [1.54, 1.807) is 0 Å². The monoisotopic (exact) mass is 172 g/mol. The van der Waals surface area contributed by atoms with E-state index < -0.39 is 0 Å². The second-order valence-electron chi connectivity index (χ2n) is 2.33. The highest BCUT2D eigenvalue weighted by molar-refractivity contribution is 7.99. The van der Waals surface area contributed by atoms with Crippen LogP contribution in [0.4, 0.5) is 0 Å². The number of hydrogen-bond donors (Lipinski definition) is 1. The number of quaternary nitrogens is 1. The minimum Gasteiger partial charge on any atom is -0.330 e.